The number of hydrogen-bond donors (Lipinski definition) is 0. The van der Waals surface area contributed by atoms with Gasteiger partial charge < -0.3 is 9.64 Å². The zero-order valence-electron chi connectivity index (χ0n) is 11.3. The van der Waals surface area contributed by atoms with Gasteiger partial charge in [0.1, 0.15) is 0 Å². The van der Waals surface area contributed by atoms with Crippen LogP contribution in [0.1, 0.15) is 38.5 Å². The topological polar surface area (TPSA) is 29.5 Å². The Bertz CT molecular complexity index is 327. The van der Waals surface area contributed by atoms with Gasteiger partial charge in [0, 0.05) is 20.1 Å². The van der Waals surface area contributed by atoms with Gasteiger partial charge in [0.15, 0.2) is 0 Å². The van der Waals surface area contributed by atoms with Crippen LogP contribution in [0.25, 0.3) is 0 Å². The van der Waals surface area contributed by atoms with E-state index >= 15 is 0 Å². The van der Waals surface area contributed by atoms with Crippen molar-refractivity contribution in [1.29, 1.82) is 0 Å². The summed E-state index contributed by atoms with van der Waals surface area (Å²) in [4.78, 5) is 13.7. The Morgan fingerprint density at radius 2 is 2.39 bits per heavy atom. The highest BCUT2D eigenvalue weighted by Gasteiger charge is 2.27. The molecule has 100 valence electrons. The van der Waals surface area contributed by atoms with Crippen LogP contribution in [0.2, 0.25) is 0 Å². The molecule has 1 saturated heterocycles. The quantitative estimate of drug-likeness (QED) is 0.411. The van der Waals surface area contributed by atoms with Gasteiger partial charge in [-0.25, -0.2) is 0 Å². The second-order valence-electron chi connectivity index (χ2n) is 4.59. The maximum Gasteiger partial charge on any atom is 0.298 e. The van der Waals surface area contributed by atoms with Gasteiger partial charge in [0.05, 0.1) is 12.6 Å². The highest BCUT2D eigenvalue weighted by Crippen LogP contribution is 2.17. The summed E-state index contributed by atoms with van der Waals surface area (Å²) in [6.07, 6.45) is 7.95. The number of allylic oxidation sites excluding steroid dienone is 1. The SMILES string of the molecule is C=CCCCCC#CC(=O)N1CCC[C@H]1COC. The molecule has 3 heteroatoms. The molecule has 0 bridgehead atoms. The van der Waals surface area contributed by atoms with E-state index in [9.17, 15) is 4.79 Å². The zero-order chi connectivity index (χ0) is 13.2. The Balaban J connectivity index is 2.30. The van der Waals surface area contributed by atoms with Gasteiger partial charge in [-0.3, -0.25) is 4.79 Å². The molecule has 0 aliphatic carbocycles. The summed E-state index contributed by atoms with van der Waals surface area (Å²) < 4.78 is 5.12. The van der Waals surface area contributed by atoms with Crippen molar-refractivity contribution in [2.24, 2.45) is 0 Å². The van der Waals surface area contributed by atoms with Gasteiger partial charge in [-0.1, -0.05) is 12.0 Å². The lowest BCUT2D eigenvalue weighted by molar-refractivity contribution is -0.126. The van der Waals surface area contributed by atoms with Gasteiger partial charge in [0.2, 0.25) is 0 Å². The average Bonchev–Trinajstić information content (AvgIpc) is 2.82. The lowest BCUT2D eigenvalue weighted by Crippen LogP contribution is -2.37. The van der Waals surface area contributed by atoms with E-state index in [1.807, 2.05) is 11.0 Å². The minimum absolute atomic E-state index is 0.0433. The van der Waals surface area contributed by atoms with Crippen molar-refractivity contribution in [3.8, 4) is 11.8 Å². The molecule has 1 heterocycles. The molecule has 0 aromatic heterocycles. The smallest absolute Gasteiger partial charge is 0.298 e. The summed E-state index contributed by atoms with van der Waals surface area (Å²) in [6.45, 7) is 5.11. The Morgan fingerprint density at radius 1 is 1.56 bits per heavy atom. The van der Waals surface area contributed by atoms with Crippen molar-refractivity contribution in [2.75, 3.05) is 20.3 Å². The zero-order valence-corrected chi connectivity index (χ0v) is 11.3. The molecule has 1 amide bonds. The molecular weight excluding hydrogens is 226 g/mol. The lowest BCUT2D eigenvalue weighted by Gasteiger charge is -2.21. The van der Waals surface area contributed by atoms with E-state index in [1.165, 1.54) is 0 Å². The van der Waals surface area contributed by atoms with Crippen LogP contribution in [0.15, 0.2) is 12.7 Å². The van der Waals surface area contributed by atoms with Crippen LogP contribution in [0.3, 0.4) is 0 Å². The third kappa shape index (κ3) is 4.93. The number of carbonyl (C=O) groups is 1. The number of rotatable bonds is 6. The largest absolute Gasteiger partial charge is 0.383 e. The van der Waals surface area contributed by atoms with E-state index in [0.717, 1.165) is 45.1 Å². The van der Waals surface area contributed by atoms with Crippen LogP contribution in [0, 0.1) is 11.8 Å². The number of methoxy groups -OCH3 is 1. The van der Waals surface area contributed by atoms with Crippen molar-refractivity contribution < 1.29 is 9.53 Å². The predicted octanol–water partition coefficient (Wildman–Crippen LogP) is 2.37. The van der Waals surface area contributed by atoms with Crippen molar-refractivity contribution in [2.45, 2.75) is 44.6 Å². The maximum atomic E-state index is 11.9. The van der Waals surface area contributed by atoms with E-state index in [1.54, 1.807) is 7.11 Å². The standard InChI is InChI=1S/C15H23NO2/c1-3-4-5-6-7-8-11-15(17)16-12-9-10-14(16)13-18-2/h3,14H,1,4-7,9-10,12-13H2,2H3/t14-/m0/s1. The molecule has 3 nitrogen and oxygen atoms in total. The number of carbonyl (C=O) groups excluding carboxylic acids is 1. The molecule has 1 atom stereocenters. The van der Waals surface area contributed by atoms with Gasteiger partial charge >= 0.3 is 0 Å². The Hall–Kier alpha value is -1.27. The summed E-state index contributed by atoms with van der Waals surface area (Å²) in [5.74, 6) is 5.67. The fourth-order valence-corrected chi connectivity index (χ4v) is 2.18. The maximum absolute atomic E-state index is 11.9. The fourth-order valence-electron chi connectivity index (χ4n) is 2.18. The molecule has 0 spiro atoms. The van der Waals surface area contributed by atoms with Crippen molar-refractivity contribution in [3.05, 3.63) is 12.7 Å². The number of amides is 1. The van der Waals surface area contributed by atoms with Crippen LogP contribution in [-0.2, 0) is 9.53 Å². The second kappa shape index (κ2) is 8.77. The molecule has 0 aromatic carbocycles. The summed E-state index contributed by atoms with van der Waals surface area (Å²) in [7, 11) is 1.67. The minimum atomic E-state index is -0.0433. The third-order valence-corrected chi connectivity index (χ3v) is 3.15. The molecule has 1 aliphatic rings. The Labute approximate surface area is 110 Å². The number of ether oxygens (including phenoxy) is 1. The molecule has 1 aliphatic heterocycles. The highest BCUT2D eigenvalue weighted by molar-refractivity contribution is 5.93. The number of hydrogen-bond acceptors (Lipinski definition) is 2. The summed E-state index contributed by atoms with van der Waals surface area (Å²) in [5.41, 5.74) is 0. The van der Waals surface area contributed by atoms with Crippen molar-refractivity contribution >= 4 is 5.91 Å². The van der Waals surface area contributed by atoms with E-state index in [-0.39, 0.29) is 11.9 Å². The molecule has 0 aromatic rings. The van der Waals surface area contributed by atoms with Crippen LogP contribution < -0.4 is 0 Å². The Morgan fingerprint density at radius 3 is 3.11 bits per heavy atom. The van der Waals surface area contributed by atoms with E-state index in [2.05, 4.69) is 18.4 Å². The molecule has 18 heavy (non-hydrogen) atoms. The molecular formula is C15H23NO2. The van der Waals surface area contributed by atoms with Crippen LogP contribution in [-0.4, -0.2) is 37.1 Å². The van der Waals surface area contributed by atoms with E-state index < -0.39 is 0 Å². The fraction of sp³-hybridized carbons (Fsp3) is 0.667. The monoisotopic (exact) mass is 249 g/mol. The van der Waals surface area contributed by atoms with Crippen LogP contribution in [0.5, 0.6) is 0 Å². The molecule has 1 rings (SSSR count). The Kier molecular flexibility index (Phi) is 7.20. The molecule has 0 saturated carbocycles. The van der Waals surface area contributed by atoms with Crippen molar-refractivity contribution in [3.63, 3.8) is 0 Å². The van der Waals surface area contributed by atoms with Gasteiger partial charge in [-0.05, 0) is 38.0 Å². The predicted molar refractivity (Wildman–Crippen MR) is 73.1 cm³/mol. The normalized spacial score (nSPS) is 18.3. The van der Waals surface area contributed by atoms with Gasteiger partial charge in [-0.15, -0.1) is 6.58 Å². The number of unbranched alkanes of at least 4 members (excludes halogenated alkanes) is 3. The first kappa shape index (κ1) is 14.8. The van der Waals surface area contributed by atoms with Gasteiger partial charge in [0.25, 0.3) is 5.91 Å². The van der Waals surface area contributed by atoms with Crippen LogP contribution >= 0.6 is 0 Å². The van der Waals surface area contributed by atoms with Crippen molar-refractivity contribution in [1.82, 2.24) is 4.90 Å². The number of nitrogens with zero attached hydrogens (tertiary/aromatic N) is 1. The lowest BCUT2D eigenvalue weighted by atomic mass is 10.2. The molecule has 0 N–H and O–H groups in total. The van der Waals surface area contributed by atoms with E-state index in [0.29, 0.717) is 6.61 Å². The molecule has 0 radical (unpaired) electrons. The molecule has 1 fully saturated rings. The highest BCUT2D eigenvalue weighted by atomic mass is 16.5. The third-order valence-electron chi connectivity index (χ3n) is 3.15. The average molecular weight is 249 g/mol. The van der Waals surface area contributed by atoms with Crippen LogP contribution in [0.4, 0.5) is 0 Å². The molecule has 0 unspecified atom stereocenters. The minimum Gasteiger partial charge on any atom is -0.383 e. The second-order valence-corrected chi connectivity index (χ2v) is 4.59. The first-order valence-electron chi connectivity index (χ1n) is 6.69. The van der Waals surface area contributed by atoms with Gasteiger partial charge in [-0.2, -0.15) is 0 Å². The first-order chi connectivity index (χ1) is 8.79. The summed E-state index contributed by atoms with van der Waals surface area (Å²) >= 11 is 0. The summed E-state index contributed by atoms with van der Waals surface area (Å²) in [5, 5.41) is 0. The van der Waals surface area contributed by atoms with E-state index in [4.69, 9.17) is 4.74 Å². The summed E-state index contributed by atoms with van der Waals surface area (Å²) in [6, 6.07) is 0.220. The number of likely N-dealkylation sites (tertiary alicyclic amines) is 1. The first-order valence-corrected chi connectivity index (χ1v) is 6.69.